The van der Waals surface area contributed by atoms with Crippen molar-refractivity contribution in [2.75, 3.05) is 16.8 Å². The van der Waals surface area contributed by atoms with E-state index in [0.717, 1.165) is 5.75 Å². The Kier molecular flexibility index (Phi) is 4.68. The molecule has 0 spiro atoms. The van der Waals surface area contributed by atoms with Gasteiger partial charge in [-0.05, 0) is 48.5 Å². The third kappa shape index (κ3) is 4.42. The van der Waals surface area contributed by atoms with Crippen LogP contribution in [0.1, 0.15) is 0 Å². The summed E-state index contributed by atoms with van der Waals surface area (Å²) in [4.78, 5) is 10.8. The second kappa shape index (κ2) is 6.74. The van der Waals surface area contributed by atoms with Gasteiger partial charge in [0.2, 0.25) is 0 Å². The second-order valence-corrected chi connectivity index (χ2v) is 8.63. The zero-order valence-electron chi connectivity index (χ0n) is 12.5. The molecule has 1 amide bonds. The summed E-state index contributed by atoms with van der Waals surface area (Å²) in [5, 5.41) is 11.1. The first-order valence-corrected chi connectivity index (χ1v) is 9.85. The first-order chi connectivity index (χ1) is 11.4. The number of benzene rings is 2. The largest absolute Gasteiger partial charge is 0.465 e. The van der Waals surface area contributed by atoms with E-state index in [1.807, 2.05) is 0 Å². The molecule has 0 aromatic heterocycles. The monoisotopic (exact) mass is 365 g/mol. The average molecular weight is 365 g/mol. The normalized spacial score (nSPS) is 16.4. The Bertz CT molecular complexity index is 828. The van der Waals surface area contributed by atoms with Gasteiger partial charge in [-0.15, -0.1) is 0 Å². The van der Waals surface area contributed by atoms with Gasteiger partial charge in [-0.3, -0.25) is 5.32 Å². The maximum Gasteiger partial charge on any atom is 0.409 e. The molecule has 1 atom stereocenters. The molecule has 3 rings (SSSR count). The number of hydrogen-bond acceptors (Lipinski definition) is 5. The van der Waals surface area contributed by atoms with Crippen LogP contribution >= 0.6 is 11.8 Å². The number of anilines is 1. The SMILES string of the molecule is O=C(O)Nc1ccc(Oc2ccc(S(=O)(=O)CC3CS3)cc2)cc1. The lowest BCUT2D eigenvalue weighted by molar-refractivity contribution is 0.209. The summed E-state index contributed by atoms with van der Waals surface area (Å²) in [5.41, 5.74) is 0.439. The number of amides is 1. The van der Waals surface area contributed by atoms with Crippen LogP contribution in [0, 0.1) is 0 Å². The van der Waals surface area contributed by atoms with Gasteiger partial charge in [0.05, 0.1) is 10.6 Å². The summed E-state index contributed by atoms with van der Waals surface area (Å²) in [6.07, 6.45) is -1.13. The smallest absolute Gasteiger partial charge is 0.409 e. The molecule has 6 nitrogen and oxygen atoms in total. The van der Waals surface area contributed by atoms with Crippen molar-refractivity contribution in [1.29, 1.82) is 0 Å². The van der Waals surface area contributed by atoms with Gasteiger partial charge < -0.3 is 9.84 Å². The molecule has 0 saturated carbocycles. The fourth-order valence-corrected chi connectivity index (χ4v) is 4.76. The Labute approximate surface area is 143 Å². The average Bonchev–Trinajstić information content (AvgIpc) is 3.33. The van der Waals surface area contributed by atoms with Crippen LogP contribution in [-0.2, 0) is 9.84 Å². The lowest BCUT2D eigenvalue weighted by Crippen LogP contribution is -2.10. The van der Waals surface area contributed by atoms with E-state index in [2.05, 4.69) is 5.32 Å². The van der Waals surface area contributed by atoms with Crippen LogP contribution in [0.2, 0.25) is 0 Å². The molecule has 1 fully saturated rings. The van der Waals surface area contributed by atoms with E-state index < -0.39 is 15.9 Å². The fraction of sp³-hybridized carbons (Fsp3) is 0.188. The van der Waals surface area contributed by atoms with Crippen LogP contribution in [0.4, 0.5) is 10.5 Å². The summed E-state index contributed by atoms with van der Waals surface area (Å²) >= 11 is 1.65. The number of sulfone groups is 1. The van der Waals surface area contributed by atoms with Gasteiger partial charge in [-0.25, -0.2) is 13.2 Å². The van der Waals surface area contributed by atoms with Crippen molar-refractivity contribution in [1.82, 2.24) is 0 Å². The third-order valence-electron chi connectivity index (χ3n) is 3.33. The molecular weight excluding hydrogens is 350 g/mol. The molecule has 2 aromatic rings. The Hall–Kier alpha value is -2.19. The molecule has 1 aliphatic heterocycles. The zero-order valence-corrected chi connectivity index (χ0v) is 14.1. The lowest BCUT2D eigenvalue weighted by Gasteiger charge is -2.08. The van der Waals surface area contributed by atoms with E-state index in [-0.39, 0.29) is 11.0 Å². The predicted molar refractivity (Wildman–Crippen MR) is 92.9 cm³/mol. The topological polar surface area (TPSA) is 92.7 Å². The standard InChI is InChI=1S/C16H15NO5S2/c18-16(19)17-11-1-3-12(4-2-11)22-13-5-7-15(8-6-13)24(20,21)10-14-9-23-14/h1-8,14,17H,9-10H2,(H,18,19). The van der Waals surface area contributed by atoms with Crippen molar-refractivity contribution in [2.45, 2.75) is 10.1 Å². The van der Waals surface area contributed by atoms with Crippen molar-refractivity contribution >= 4 is 33.4 Å². The molecular formula is C16H15NO5S2. The van der Waals surface area contributed by atoms with Gasteiger partial charge in [-0.2, -0.15) is 11.8 Å². The number of thioether (sulfide) groups is 1. The summed E-state index contributed by atoms with van der Waals surface area (Å²) < 4.78 is 30.0. The molecule has 1 saturated heterocycles. The van der Waals surface area contributed by atoms with Gasteiger partial charge in [0, 0.05) is 16.7 Å². The van der Waals surface area contributed by atoms with Crippen molar-refractivity contribution in [3.8, 4) is 11.5 Å². The zero-order chi connectivity index (χ0) is 17.2. The number of carboxylic acid groups (broad SMARTS) is 1. The van der Waals surface area contributed by atoms with Crippen molar-refractivity contribution in [3.05, 3.63) is 48.5 Å². The van der Waals surface area contributed by atoms with E-state index in [0.29, 0.717) is 22.1 Å². The number of carbonyl (C=O) groups is 1. The van der Waals surface area contributed by atoms with E-state index >= 15 is 0 Å². The summed E-state index contributed by atoms with van der Waals surface area (Å²) in [5.74, 6) is 2.12. The minimum atomic E-state index is -3.24. The van der Waals surface area contributed by atoms with Crippen LogP contribution < -0.4 is 10.1 Å². The minimum Gasteiger partial charge on any atom is -0.465 e. The summed E-state index contributed by atoms with van der Waals surface area (Å²) in [6, 6.07) is 12.7. The van der Waals surface area contributed by atoms with Gasteiger partial charge in [0.25, 0.3) is 0 Å². The number of nitrogens with one attached hydrogen (secondary N) is 1. The Balaban J connectivity index is 1.66. The van der Waals surface area contributed by atoms with E-state index in [1.54, 1.807) is 48.2 Å². The molecule has 1 heterocycles. The quantitative estimate of drug-likeness (QED) is 0.762. The summed E-state index contributed by atoms with van der Waals surface area (Å²) in [6.45, 7) is 0. The summed E-state index contributed by atoms with van der Waals surface area (Å²) in [7, 11) is -3.24. The molecule has 0 aliphatic carbocycles. The highest BCUT2D eigenvalue weighted by atomic mass is 32.2. The molecule has 24 heavy (non-hydrogen) atoms. The molecule has 1 unspecified atom stereocenters. The molecule has 0 bridgehead atoms. The molecule has 2 N–H and O–H groups in total. The molecule has 1 aliphatic rings. The van der Waals surface area contributed by atoms with Crippen LogP contribution in [0.15, 0.2) is 53.4 Å². The van der Waals surface area contributed by atoms with Gasteiger partial charge in [0.15, 0.2) is 9.84 Å². The minimum absolute atomic E-state index is 0.176. The highest BCUT2D eigenvalue weighted by Gasteiger charge is 2.29. The Morgan fingerprint density at radius 3 is 2.17 bits per heavy atom. The van der Waals surface area contributed by atoms with Crippen molar-refractivity contribution in [2.24, 2.45) is 0 Å². The number of ether oxygens (including phenoxy) is 1. The van der Waals surface area contributed by atoms with E-state index in [1.165, 1.54) is 12.1 Å². The van der Waals surface area contributed by atoms with Gasteiger partial charge in [0.1, 0.15) is 11.5 Å². The lowest BCUT2D eigenvalue weighted by atomic mass is 10.3. The van der Waals surface area contributed by atoms with Gasteiger partial charge >= 0.3 is 6.09 Å². The van der Waals surface area contributed by atoms with Crippen molar-refractivity contribution in [3.63, 3.8) is 0 Å². The molecule has 0 radical (unpaired) electrons. The van der Waals surface area contributed by atoms with Crippen LogP contribution in [0.5, 0.6) is 11.5 Å². The molecule has 2 aromatic carbocycles. The fourth-order valence-electron chi connectivity index (χ4n) is 2.09. The third-order valence-corrected chi connectivity index (χ3v) is 6.35. The van der Waals surface area contributed by atoms with Gasteiger partial charge in [-0.1, -0.05) is 0 Å². The maximum absolute atomic E-state index is 12.2. The predicted octanol–water partition coefficient (Wildman–Crippen LogP) is 3.46. The van der Waals surface area contributed by atoms with Crippen LogP contribution in [-0.4, -0.2) is 36.4 Å². The number of rotatable bonds is 6. The maximum atomic E-state index is 12.2. The molecule has 126 valence electrons. The first-order valence-electron chi connectivity index (χ1n) is 7.15. The highest BCUT2D eigenvalue weighted by molar-refractivity contribution is 8.08. The van der Waals surface area contributed by atoms with E-state index in [4.69, 9.17) is 9.84 Å². The Morgan fingerprint density at radius 2 is 1.67 bits per heavy atom. The molecule has 8 heteroatoms. The van der Waals surface area contributed by atoms with Crippen molar-refractivity contribution < 1.29 is 23.1 Å². The first kappa shape index (κ1) is 16.7. The van der Waals surface area contributed by atoms with Crippen LogP contribution in [0.25, 0.3) is 0 Å². The second-order valence-electron chi connectivity index (χ2n) is 5.26. The Morgan fingerprint density at radius 1 is 1.12 bits per heavy atom. The van der Waals surface area contributed by atoms with E-state index in [9.17, 15) is 13.2 Å². The highest BCUT2D eigenvalue weighted by Crippen LogP contribution is 2.33. The van der Waals surface area contributed by atoms with Crippen LogP contribution in [0.3, 0.4) is 0 Å². The number of hydrogen-bond donors (Lipinski definition) is 2.